The second-order valence-corrected chi connectivity index (χ2v) is 13.5. The fraction of sp³-hybridized carbons (Fsp3) is 0.394. The Hall–Kier alpha value is -2.57. The highest BCUT2D eigenvalue weighted by molar-refractivity contribution is 9.10. The van der Waals surface area contributed by atoms with Gasteiger partial charge >= 0.3 is 7.60 Å². The second kappa shape index (κ2) is 22.9. The number of aliphatic hydroxyl groups excluding tert-OH is 1. The van der Waals surface area contributed by atoms with Gasteiger partial charge in [0.25, 0.3) is 0 Å². The summed E-state index contributed by atoms with van der Waals surface area (Å²) >= 11 is 6.45. The van der Waals surface area contributed by atoms with Crippen molar-refractivity contribution in [3.63, 3.8) is 0 Å². The van der Waals surface area contributed by atoms with Crippen molar-refractivity contribution in [3.8, 4) is 17.2 Å². The lowest BCUT2D eigenvalue weighted by Gasteiger charge is -2.19. The summed E-state index contributed by atoms with van der Waals surface area (Å²) in [4.78, 5) is 20.9. The fourth-order valence-electron chi connectivity index (χ4n) is 4.14. The number of aliphatic hydroxyl groups is 1. The number of carbonyl (C=O) groups is 2. The Labute approximate surface area is 288 Å². The van der Waals surface area contributed by atoms with Gasteiger partial charge in [0, 0.05) is 27.7 Å². The maximum atomic E-state index is 11.6. The molecule has 0 amide bonds. The molecule has 1 aliphatic rings. The molecule has 0 unspecified atom stereocenters. The van der Waals surface area contributed by atoms with E-state index in [0.29, 0.717) is 48.9 Å². The van der Waals surface area contributed by atoms with Crippen LogP contribution in [-0.2, 0) is 37.8 Å². The van der Waals surface area contributed by atoms with Gasteiger partial charge in [0.1, 0.15) is 29.2 Å². The zero-order chi connectivity index (χ0) is 34.5. The molecule has 0 atom stereocenters. The average Bonchev–Trinajstić information content (AvgIpc) is 3.01. The standard InChI is InChI=1S/C10H13NO.C9H11BrO2.C7H5BrO2.C7H15O4P/c11-7-8-3-1-5-10-9(8)4-2-6-12-10;10-8-4-1-5-9(12)7(8)3-2-6-11;8-6-2-1-3-7(10)5(6)4-9;1-4-10-12(9,11-5-2)6-7(3)8/h1,3,5H,2,4,6-7,11H2;1,4-5,11-12H,2-3,6H2;1-4,10H;4-6H2,1-3H3. The van der Waals surface area contributed by atoms with Crippen LogP contribution in [0.2, 0.25) is 0 Å². The van der Waals surface area contributed by atoms with Crippen molar-refractivity contribution in [1.82, 2.24) is 0 Å². The lowest BCUT2D eigenvalue weighted by Crippen LogP contribution is -2.12. The Balaban J connectivity index is 0.000000307. The molecular formula is C33H44Br2NO9P. The van der Waals surface area contributed by atoms with E-state index in [-0.39, 0.29) is 30.1 Å². The molecule has 0 fully saturated rings. The molecule has 13 heteroatoms. The first-order valence-corrected chi connectivity index (χ1v) is 18.1. The van der Waals surface area contributed by atoms with Gasteiger partial charge in [0.05, 0.1) is 25.4 Å². The predicted molar refractivity (Wildman–Crippen MR) is 187 cm³/mol. The number of ether oxygens (including phenoxy) is 1. The van der Waals surface area contributed by atoms with Gasteiger partial charge < -0.3 is 34.8 Å². The summed E-state index contributed by atoms with van der Waals surface area (Å²) in [5.41, 5.74) is 9.32. The largest absolute Gasteiger partial charge is 0.508 e. The highest BCUT2D eigenvalue weighted by Gasteiger charge is 2.25. The maximum Gasteiger partial charge on any atom is 0.338 e. The number of phenolic OH excluding ortho intramolecular Hbond substituents is 2. The summed E-state index contributed by atoms with van der Waals surface area (Å²) in [6, 6.07) is 16.2. The molecule has 0 spiro atoms. The number of carbonyl (C=O) groups excluding carboxylic acids is 2. The third-order valence-corrected chi connectivity index (χ3v) is 9.74. The van der Waals surface area contributed by atoms with Gasteiger partial charge in [-0.3, -0.25) is 14.2 Å². The SMILES string of the molecule is CCOP(=O)(CC(C)=O)OCC.NCc1cccc2c1CCCO2.O=Cc1c(O)cccc1Br.OCCCc1c(O)cccc1Br. The number of halogens is 2. The molecular weight excluding hydrogens is 745 g/mol. The first kappa shape index (κ1) is 41.5. The molecule has 0 aromatic heterocycles. The number of fused-ring (bicyclic) bond motifs is 1. The number of rotatable bonds is 11. The van der Waals surface area contributed by atoms with Crippen LogP contribution in [0.3, 0.4) is 0 Å². The number of phenols is 2. The molecule has 0 saturated carbocycles. The van der Waals surface area contributed by atoms with Crippen molar-refractivity contribution in [1.29, 1.82) is 0 Å². The number of benzene rings is 3. The summed E-state index contributed by atoms with van der Waals surface area (Å²) in [7, 11) is -3.12. The molecule has 10 nitrogen and oxygen atoms in total. The molecule has 5 N–H and O–H groups in total. The van der Waals surface area contributed by atoms with E-state index in [1.54, 1.807) is 38.1 Å². The van der Waals surface area contributed by atoms with Crippen molar-refractivity contribution >= 4 is 51.5 Å². The van der Waals surface area contributed by atoms with Gasteiger partial charge in [-0.15, -0.1) is 0 Å². The van der Waals surface area contributed by atoms with Gasteiger partial charge in [-0.25, -0.2) is 0 Å². The van der Waals surface area contributed by atoms with E-state index in [4.69, 9.17) is 29.7 Å². The van der Waals surface area contributed by atoms with E-state index in [1.807, 2.05) is 18.2 Å². The lowest BCUT2D eigenvalue weighted by molar-refractivity contribution is -0.114. The van der Waals surface area contributed by atoms with Crippen LogP contribution in [0.15, 0.2) is 63.5 Å². The average molecular weight is 789 g/mol. The first-order chi connectivity index (χ1) is 22.0. The van der Waals surface area contributed by atoms with Crippen LogP contribution in [0.4, 0.5) is 0 Å². The van der Waals surface area contributed by atoms with Gasteiger partial charge in [-0.05, 0) is 104 Å². The van der Waals surface area contributed by atoms with E-state index < -0.39 is 7.60 Å². The van der Waals surface area contributed by atoms with Crippen molar-refractivity contribution < 1.29 is 43.3 Å². The normalized spacial score (nSPS) is 11.6. The quantitative estimate of drug-likeness (QED) is 0.114. The van der Waals surface area contributed by atoms with Crippen molar-refractivity contribution in [2.75, 3.05) is 32.6 Å². The lowest BCUT2D eigenvalue weighted by atomic mass is 10.0. The molecule has 4 rings (SSSR count). The number of aromatic hydroxyl groups is 2. The summed E-state index contributed by atoms with van der Waals surface area (Å²) in [5, 5.41) is 27.0. The predicted octanol–water partition coefficient (Wildman–Crippen LogP) is 7.36. The third kappa shape index (κ3) is 14.9. The van der Waals surface area contributed by atoms with Crippen molar-refractivity contribution in [2.45, 2.75) is 53.0 Å². The Morgan fingerprint density at radius 1 is 1.00 bits per heavy atom. The highest BCUT2D eigenvalue weighted by atomic mass is 79.9. The number of Topliss-reactive ketones (excluding diaryl/α,β-unsaturated/α-hetero) is 1. The van der Waals surface area contributed by atoms with Gasteiger partial charge in [0.2, 0.25) is 0 Å². The summed E-state index contributed by atoms with van der Waals surface area (Å²) in [6.07, 6.45) is 4.08. The van der Waals surface area contributed by atoms with E-state index in [1.165, 1.54) is 24.1 Å². The fourth-order valence-corrected chi connectivity index (χ4v) is 6.73. The van der Waals surface area contributed by atoms with E-state index in [2.05, 4.69) is 37.9 Å². The smallest absolute Gasteiger partial charge is 0.338 e. The van der Waals surface area contributed by atoms with Crippen LogP contribution in [0.5, 0.6) is 17.2 Å². The van der Waals surface area contributed by atoms with Crippen LogP contribution < -0.4 is 10.5 Å². The Bertz CT molecular complexity index is 1360. The molecule has 3 aromatic carbocycles. The van der Waals surface area contributed by atoms with Crippen LogP contribution in [0.25, 0.3) is 0 Å². The van der Waals surface area contributed by atoms with E-state index >= 15 is 0 Å². The Morgan fingerprint density at radius 2 is 1.61 bits per heavy atom. The molecule has 1 heterocycles. The minimum absolute atomic E-state index is 0.00405. The molecule has 0 aliphatic carbocycles. The van der Waals surface area contributed by atoms with Crippen LogP contribution in [0, 0.1) is 0 Å². The van der Waals surface area contributed by atoms with Crippen molar-refractivity contribution in [2.24, 2.45) is 5.73 Å². The second-order valence-electron chi connectivity index (χ2n) is 9.71. The molecule has 0 radical (unpaired) electrons. The zero-order valence-electron chi connectivity index (χ0n) is 26.4. The van der Waals surface area contributed by atoms with Gasteiger partial charge in [0.15, 0.2) is 6.29 Å². The maximum absolute atomic E-state index is 11.6. The Kier molecular flexibility index (Phi) is 20.6. The minimum Gasteiger partial charge on any atom is -0.508 e. The summed E-state index contributed by atoms with van der Waals surface area (Å²) < 4.78 is 28.4. The van der Waals surface area contributed by atoms with Crippen molar-refractivity contribution in [3.05, 3.63) is 85.8 Å². The molecule has 46 heavy (non-hydrogen) atoms. The number of ketones is 1. The van der Waals surface area contributed by atoms with Gasteiger partial charge in [-0.2, -0.15) is 0 Å². The van der Waals surface area contributed by atoms with Gasteiger partial charge in [-0.1, -0.05) is 40.2 Å². The third-order valence-electron chi connectivity index (χ3n) is 6.17. The number of nitrogens with two attached hydrogens (primary N) is 1. The highest BCUT2D eigenvalue weighted by Crippen LogP contribution is 2.47. The van der Waals surface area contributed by atoms with Crippen LogP contribution in [0.1, 0.15) is 60.7 Å². The molecule has 1 aliphatic heterocycles. The van der Waals surface area contributed by atoms with E-state index in [0.717, 1.165) is 35.2 Å². The molecule has 0 saturated heterocycles. The summed E-state index contributed by atoms with van der Waals surface area (Å²) in [5.74, 6) is 1.15. The first-order valence-electron chi connectivity index (χ1n) is 14.8. The zero-order valence-corrected chi connectivity index (χ0v) is 30.5. The number of hydrogen-bond donors (Lipinski definition) is 4. The summed E-state index contributed by atoms with van der Waals surface area (Å²) in [6.45, 7) is 7.01. The Morgan fingerprint density at radius 3 is 2.11 bits per heavy atom. The number of aldehydes is 1. The number of hydrogen-bond acceptors (Lipinski definition) is 10. The van der Waals surface area contributed by atoms with Crippen LogP contribution in [-0.4, -0.2) is 60.0 Å². The van der Waals surface area contributed by atoms with Crippen LogP contribution >= 0.6 is 39.5 Å². The molecule has 254 valence electrons. The monoisotopic (exact) mass is 787 g/mol. The molecule has 3 aromatic rings. The topological polar surface area (TPSA) is 166 Å². The molecule has 0 bridgehead atoms. The van der Waals surface area contributed by atoms with E-state index in [9.17, 15) is 19.3 Å². The minimum atomic E-state index is -3.12.